The number of nitrogens with two attached hydrogens (primary N) is 1. The van der Waals surface area contributed by atoms with Crippen LogP contribution in [0.1, 0.15) is 50.5 Å². The Bertz CT molecular complexity index is 625. The van der Waals surface area contributed by atoms with Crippen molar-refractivity contribution in [3.05, 3.63) is 35.9 Å². The zero-order valence-electron chi connectivity index (χ0n) is 12.4. The Kier molecular flexibility index (Phi) is 5.14. The van der Waals surface area contributed by atoms with Gasteiger partial charge in [0.25, 0.3) is 0 Å². The molecule has 1 unspecified atom stereocenters. The van der Waals surface area contributed by atoms with Crippen LogP contribution in [0.25, 0.3) is 10.9 Å². The van der Waals surface area contributed by atoms with Gasteiger partial charge in [0.1, 0.15) is 5.82 Å². The zero-order valence-corrected chi connectivity index (χ0v) is 12.4. The molecule has 1 heterocycles. The lowest BCUT2D eigenvalue weighted by atomic mass is 9.89. The maximum Gasteiger partial charge on any atom is 0.303 e. The molecular formula is C17H22N2O2. The van der Waals surface area contributed by atoms with Gasteiger partial charge < -0.3 is 10.8 Å². The van der Waals surface area contributed by atoms with E-state index in [-0.39, 0.29) is 6.42 Å². The van der Waals surface area contributed by atoms with Crippen LogP contribution in [0.2, 0.25) is 0 Å². The number of pyridine rings is 1. The van der Waals surface area contributed by atoms with E-state index < -0.39 is 5.97 Å². The Labute approximate surface area is 125 Å². The molecular weight excluding hydrogens is 264 g/mol. The number of carboxylic acids is 1. The van der Waals surface area contributed by atoms with E-state index in [1.165, 1.54) is 5.56 Å². The summed E-state index contributed by atoms with van der Waals surface area (Å²) in [4.78, 5) is 15.0. The van der Waals surface area contributed by atoms with Gasteiger partial charge in [-0.15, -0.1) is 0 Å². The molecule has 0 amide bonds. The number of carboxylic acid groups (broad SMARTS) is 1. The van der Waals surface area contributed by atoms with E-state index in [1.807, 2.05) is 18.2 Å². The normalized spacial score (nSPS) is 12.4. The molecule has 3 N–H and O–H groups in total. The molecule has 1 aromatic heterocycles. The number of carbonyl (C=O) groups is 1. The van der Waals surface area contributed by atoms with Crippen LogP contribution in [0, 0.1) is 0 Å². The molecule has 4 nitrogen and oxygen atoms in total. The highest BCUT2D eigenvalue weighted by Crippen LogP contribution is 2.29. The molecule has 0 saturated heterocycles. The summed E-state index contributed by atoms with van der Waals surface area (Å²) in [6.45, 7) is 2.16. The second-order valence-electron chi connectivity index (χ2n) is 5.46. The first-order valence-electron chi connectivity index (χ1n) is 7.48. The summed E-state index contributed by atoms with van der Waals surface area (Å²) < 4.78 is 0. The standard InChI is InChI=1S/C17H22N2O2/c1-2-4-12(5-3-6-17(20)21)13-7-9-15-14(11-13)8-10-16(18)19-15/h7-12H,2-6H2,1H3,(H2,18,19)(H,20,21). The molecule has 0 spiro atoms. The molecule has 21 heavy (non-hydrogen) atoms. The zero-order chi connectivity index (χ0) is 15.2. The molecule has 0 fully saturated rings. The van der Waals surface area contributed by atoms with Gasteiger partial charge in [-0.25, -0.2) is 4.98 Å². The van der Waals surface area contributed by atoms with Crippen LogP contribution in [0.3, 0.4) is 0 Å². The summed E-state index contributed by atoms with van der Waals surface area (Å²) in [5.74, 6) is 0.224. The number of benzene rings is 1. The topological polar surface area (TPSA) is 76.2 Å². The number of rotatable bonds is 7. The minimum atomic E-state index is -0.719. The van der Waals surface area contributed by atoms with Gasteiger partial charge in [-0.3, -0.25) is 4.79 Å². The van der Waals surface area contributed by atoms with Crippen LogP contribution in [-0.4, -0.2) is 16.1 Å². The van der Waals surface area contributed by atoms with Crippen molar-refractivity contribution in [2.75, 3.05) is 5.73 Å². The molecule has 112 valence electrons. The minimum absolute atomic E-state index is 0.242. The molecule has 4 heteroatoms. The Morgan fingerprint density at radius 1 is 1.29 bits per heavy atom. The molecule has 0 radical (unpaired) electrons. The van der Waals surface area contributed by atoms with Crippen LogP contribution in [0.15, 0.2) is 30.3 Å². The fourth-order valence-electron chi connectivity index (χ4n) is 2.74. The van der Waals surface area contributed by atoms with Gasteiger partial charge in [0.15, 0.2) is 0 Å². The van der Waals surface area contributed by atoms with Gasteiger partial charge in [-0.1, -0.05) is 19.4 Å². The van der Waals surface area contributed by atoms with E-state index in [0.717, 1.165) is 36.6 Å². The van der Waals surface area contributed by atoms with Crippen molar-refractivity contribution in [3.63, 3.8) is 0 Å². The first-order chi connectivity index (χ1) is 10.1. The molecule has 1 atom stereocenters. The van der Waals surface area contributed by atoms with Crippen LogP contribution in [0.4, 0.5) is 5.82 Å². The van der Waals surface area contributed by atoms with Gasteiger partial charge >= 0.3 is 5.97 Å². The first kappa shape index (κ1) is 15.3. The molecule has 0 saturated carbocycles. The number of anilines is 1. The highest BCUT2D eigenvalue weighted by atomic mass is 16.4. The second kappa shape index (κ2) is 7.07. The van der Waals surface area contributed by atoms with Crippen LogP contribution >= 0.6 is 0 Å². The number of aromatic nitrogens is 1. The molecule has 2 aromatic rings. The average molecular weight is 286 g/mol. The van der Waals surface area contributed by atoms with Crippen molar-refractivity contribution >= 4 is 22.7 Å². The Hall–Kier alpha value is -2.10. The Balaban J connectivity index is 2.18. The molecule has 0 aliphatic carbocycles. The Morgan fingerprint density at radius 2 is 2.10 bits per heavy atom. The molecule has 0 aliphatic heterocycles. The maximum absolute atomic E-state index is 10.7. The van der Waals surface area contributed by atoms with Crippen molar-refractivity contribution in [1.82, 2.24) is 4.98 Å². The van der Waals surface area contributed by atoms with Crippen molar-refractivity contribution in [3.8, 4) is 0 Å². The highest BCUT2D eigenvalue weighted by Gasteiger charge is 2.12. The fraction of sp³-hybridized carbons (Fsp3) is 0.412. The first-order valence-corrected chi connectivity index (χ1v) is 7.48. The van der Waals surface area contributed by atoms with Gasteiger partial charge in [-0.05, 0) is 55.0 Å². The average Bonchev–Trinajstić information content (AvgIpc) is 2.45. The summed E-state index contributed by atoms with van der Waals surface area (Å²) in [5.41, 5.74) is 7.86. The monoisotopic (exact) mass is 286 g/mol. The smallest absolute Gasteiger partial charge is 0.303 e. The summed E-state index contributed by atoms with van der Waals surface area (Å²) in [7, 11) is 0. The van der Waals surface area contributed by atoms with Gasteiger partial charge in [0.05, 0.1) is 5.52 Å². The van der Waals surface area contributed by atoms with E-state index in [2.05, 4.69) is 24.0 Å². The van der Waals surface area contributed by atoms with E-state index in [0.29, 0.717) is 11.7 Å². The SMILES string of the molecule is CCCC(CCCC(=O)O)c1ccc2nc(N)ccc2c1. The second-order valence-corrected chi connectivity index (χ2v) is 5.46. The molecule has 1 aromatic carbocycles. The van der Waals surface area contributed by atoms with Gasteiger partial charge in [0, 0.05) is 11.8 Å². The van der Waals surface area contributed by atoms with E-state index in [9.17, 15) is 4.79 Å². The largest absolute Gasteiger partial charge is 0.481 e. The number of nitrogens with zero attached hydrogens (tertiary/aromatic N) is 1. The lowest BCUT2D eigenvalue weighted by Crippen LogP contribution is -2.02. The van der Waals surface area contributed by atoms with Crippen molar-refractivity contribution in [1.29, 1.82) is 0 Å². The maximum atomic E-state index is 10.7. The number of aliphatic carboxylic acids is 1. The summed E-state index contributed by atoms with van der Waals surface area (Å²) >= 11 is 0. The van der Waals surface area contributed by atoms with E-state index in [4.69, 9.17) is 10.8 Å². The number of hydrogen-bond acceptors (Lipinski definition) is 3. The summed E-state index contributed by atoms with van der Waals surface area (Å²) in [6, 6.07) is 10.0. The summed E-state index contributed by atoms with van der Waals surface area (Å²) in [6.07, 6.45) is 4.04. The predicted molar refractivity (Wildman–Crippen MR) is 85.3 cm³/mol. The molecule has 0 bridgehead atoms. The van der Waals surface area contributed by atoms with Crippen LogP contribution in [-0.2, 0) is 4.79 Å². The minimum Gasteiger partial charge on any atom is -0.481 e. The van der Waals surface area contributed by atoms with Gasteiger partial charge in [-0.2, -0.15) is 0 Å². The van der Waals surface area contributed by atoms with Crippen molar-refractivity contribution in [2.45, 2.75) is 44.9 Å². The Morgan fingerprint density at radius 3 is 2.81 bits per heavy atom. The summed E-state index contributed by atoms with van der Waals surface area (Å²) in [5, 5.41) is 9.86. The van der Waals surface area contributed by atoms with Crippen LogP contribution < -0.4 is 5.73 Å². The fourth-order valence-corrected chi connectivity index (χ4v) is 2.74. The van der Waals surface area contributed by atoms with Crippen LogP contribution in [0.5, 0.6) is 0 Å². The third kappa shape index (κ3) is 4.18. The van der Waals surface area contributed by atoms with Crippen molar-refractivity contribution in [2.24, 2.45) is 0 Å². The quantitative estimate of drug-likeness (QED) is 0.807. The lowest BCUT2D eigenvalue weighted by Gasteiger charge is -2.17. The number of nitrogen functional groups attached to an aromatic ring is 1. The molecule has 0 aliphatic rings. The van der Waals surface area contributed by atoms with Gasteiger partial charge in [0.2, 0.25) is 0 Å². The van der Waals surface area contributed by atoms with E-state index >= 15 is 0 Å². The third-order valence-corrected chi connectivity index (χ3v) is 3.79. The van der Waals surface area contributed by atoms with Crippen molar-refractivity contribution < 1.29 is 9.90 Å². The predicted octanol–water partition coefficient (Wildman–Crippen LogP) is 3.96. The number of hydrogen-bond donors (Lipinski definition) is 2. The number of fused-ring (bicyclic) bond motifs is 1. The molecule has 2 rings (SSSR count). The third-order valence-electron chi connectivity index (χ3n) is 3.79. The van der Waals surface area contributed by atoms with E-state index in [1.54, 1.807) is 0 Å². The lowest BCUT2D eigenvalue weighted by molar-refractivity contribution is -0.137. The highest BCUT2D eigenvalue weighted by molar-refractivity contribution is 5.80.